The van der Waals surface area contributed by atoms with E-state index in [1.807, 2.05) is 13.0 Å². The largest absolute Gasteiger partial charge is 0.507 e. The number of carbonyl (C=O) groups is 2. The first-order valence-corrected chi connectivity index (χ1v) is 15.4. The van der Waals surface area contributed by atoms with Crippen molar-refractivity contribution >= 4 is 80.5 Å². The number of fused-ring (bicyclic) bond motifs is 1. The SMILES string of the molecule is C[C@@H]1Cc2cc(C(O)=C3C(=O)C(=O)N(c4nnc(SCc5ccc(Cl)cc5Cl)s4)[C@H]3c3cccc(Cl)c3)ccc2O1. The van der Waals surface area contributed by atoms with Gasteiger partial charge in [0.1, 0.15) is 17.6 Å². The maximum Gasteiger partial charge on any atom is 0.301 e. The molecule has 1 fully saturated rings. The van der Waals surface area contributed by atoms with Gasteiger partial charge in [0.25, 0.3) is 5.78 Å². The summed E-state index contributed by atoms with van der Waals surface area (Å²) in [6, 6.07) is 16.4. The number of rotatable bonds is 6. The van der Waals surface area contributed by atoms with Gasteiger partial charge in [-0.05, 0) is 66.1 Å². The number of thioether (sulfide) groups is 1. The van der Waals surface area contributed by atoms with Crippen LogP contribution in [0.1, 0.15) is 35.2 Å². The first-order valence-electron chi connectivity index (χ1n) is 12.5. The minimum atomic E-state index is -0.964. The van der Waals surface area contributed by atoms with Crippen molar-refractivity contribution in [2.45, 2.75) is 35.6 Å². The van der Waals surface area contributed by atoms with E-state index in [1.54, 1.807) is 54.6 Å². The Morgan fingerprint density at radius 1 is 1.07 bits per heavy atom. The van der Waals surface area contributed by atoms with Crippen LogP contribution in [-0.2, 0) is 21.8 Å². The highest BCUT2D eigenvalue weighted by molar-refractivity contribution is 8.00. The van der Waals surface area contributed by atoms with Crippen LogP contribution in [0.2, 0.25) is 15.1 Å². The van der Waals surface area contributed by atoms with Crippen LogP contribution < -0.4 is 9.64 Å². The van der Waals surface area contributed by atoms with Crippen LogP contribution in [0.5, 0.6) is 5.75 Å². The number of benzene rings is 3. The summed E-state index contributed by atoms with van der Waals surface area (Å²) in [5, 5.41) is 21.7. The third-order valence-corrected chi connectivity index (χ3v) is 9.67. The number of halogens is 3. The highest BCUT2D eigenvalue weighted by Gasteiger charge is 2.48. The Morgan fingerprint density at radius 3 is 2.66 bits per heavy atom. The molecular formula is C29H20Cl3N3O4S2. The number of ketones is 1. The van der Waals surface area contributed by atoms with E-state index in [-0.39, 0.29) is 22.6 Å². The second-order valence-electron chi connectivity index (χ2n) is 9.55. The lowest BCUT2D eigenvalue weighted by molar-refractivity contribution is -0.132. The zero-order valence-electron chi connectivity index (χ0n) is 21.3. The fraction of sp³-hybridized carbons (Fsp3) is 0.172. The second-order valence-corrected chi connectivity index (χ2v) is 13.0. The van der Waals surface area contributed by atoms with Crippen LogP contribution in [0.25, 0.3) is 5.76 Å². The molecule has 0 unspecified atom stereocenters. The Kier molecular flexibility index (Phi) is 7.74. The highest BCUT2D eigenvalue weighted by Crippen LogP contribution is 2.45. The van der Waals surface area contributed by atoms with Crippen molar-refractivity contribution in [1.82, 2.24) is 10.2 Å². The Balaban J connectivity index is 1.38. The molecule has 12 heteroatoms. The fourth-order valence-electron chi connectivity index (χ4n) is 4.88. The molecule has 2 aliphatic rings. The molecule has 0 saturated carbocycles. The van der Waals surface area contributed by atoms with Crippen molar-refractivity contribution < 1.29 is 19.4 Å². The molecule has 0 spiro atoms. The number of hydrogen-bond acceptors (Lipinski definition) is 8. The number of amides is 1. The first kappa shape index (κ1) is 28.1. The molecule has 6 rings (SSSR count). The Hall–Kier alpha value is -3.08. The maximum atomic E-state index is 13.5. The molecule has 1 aromatic heterocycles. The number of hydrogen-bond donors (Lipinski definition) is 1. The zero-order valence-corrected chi connectivity index (χ0v) is 25.2. The quantitative estimate of drug-likeness (QED) is 0.0755. The number of aromatic nitrogens is 2. The van der Waals surface area contributed by atoms with Gasteiger partial charge in [0, 0.05) is 32.8 Å². The fourth-order valence-corrected chi connectivity index (χ4v) is 7.51. The van der Waals surface area contributed by atoms with E-state index >= 15 is 0 Å². The van der Waals surface area contributed by atoms with Crippen molar-refractivity contribution in [3.63, 3.8) is 0 Å². The minimum absolute atomic E-state index is 0.0135. The van der Waals surface area contributed by atoms with E-state index in [9.17, 15) is 14.7 Å². The highest BCUT2D eigenvalue weighted by atomic mass is 35.5. The molecule has 208 valence electrons. The maximum absolute atomic E-state index is 13.5. The molecule has 1 N–H and O–H groups in total. The van der Waals surface area contributed by atoms with Gasteiger partial charge in [-0.25, -0.2) is 0 Å². The predicted octanol–water partition coefficient (Wildman–Crippen LogP) is 7.74. The number of carbonyl (C=O) groups excluding carboxylic acids is 2. The first-order chi connectivity index (χ1) is 19.7. The normalized spacial score (nSPS) is 19.5. The lowest BCUT2D eigenvalue weighted by atomic mass is 9.94. The molecule has 0 aliphatic carbocycles. The summed E-state index contributed by atoms with van der Waals surface area (Å²) in [5.74, 6) is -0.686. The zero-order chi connectivity index (χ0) is 28.8. The van der Waals surface area contributed by atoms with Gasteiger partial charge in [0.05, 0.1) is 11.6 Å². The Morgan fingerprint density at radius 2 is 1.88 bits per heavy atom. The van der Waals surface area contributed by atoms with Crippen molar-refractivity contribution in [3.05, 3.63) is 104 Å². The average molecular weight is 645 g/mol. The predicted molar refractivity (Wildman–Crippen MR) is 162 cm³/mol. The summed E-state index contributed by atoms with van der Waals surface area (Å²) in [6.07, 6.45) is 0.689. The van der Waals surface area contributed by atoms with Crippen LogP contribution >= 0.6 is 57.9 Å². The molecule has 0 bridgehead atoms. The summed E-state index contributed by atoms with van der Waals surface area (Å²) in [4.78, 5) is 28.3. The number of aliphatic hydroxyl groups excluding tert-OH is 1. The molecule has 7 nitrogen and oxygen atoms in total. The molecule has 41 heavy (non-hydrogen) atoms. The smallest absolute Gasteiger partial charge is 0.301 e. The van der Waals surface area contributed by atoms with E-state index in [0.29, 0.717) is 42.7 Å². The third kappa shape index (κ3) is 5.45. The van der Waals surface area contributed by atoms with Crippen molar-refractivity contribution in [2.24, 2.45) is 0 Å². The summed E-state index contributed by atoms with van der Waals surface area (Å²) in [7, 11) is 0. The van der Waals surface area contributed by atoms with E-state index in [1.165, 1.54) is 16.7 Å². The monoisotopic (exact) mass is 643 g/mol. The van der Waals surface area contributed by atoms with Crippen molar-refractivity contribution in [2.75, 3.05) is 4.90 Å². The number of nitrogens with zero attached hydrogens (tertiary/aromatic N) is 3. The molecule has 2 atom stereocenters. The van der Waals surface area contributed by atoms with Gasteiger partial charge in [0.2, 0.25) is 5.13 Å². The van der Waals surface area contributed by atoms with Gasteiger partial charge in [-0.3, -0.25) is 14.5 Å². The molecular weight excluding hydrogens is 625 g/mol. The lowest BCUT2D eigenvalue weighted by Crippen LogP contribution is -2.29. The van der Waals surface area contributed by atoms with E-state index in [4.69, 9.17) is 39.5 Å². The third-order valence-electron chi connectivity index (χ3n) is 6.75. The van der Waals surface area contributed by atoms with Gasteiger partial charge in [-0.2, -0.15) is 0 Å². The molecule has 0 radical (unpaired) electrons. The summed E-state index contributed by atoms with van der Waals surface area (Å²) in [6.45, 7) is 1.96. The van der Waals surface area contributed by atoms with Gasteiger partial charge in [-0.1, -0.05) is 76.1 Å². The lowest BCUT2D eigenvalue weighted by Gasteiger charge is -2.22. The second kappa shape index (κ2) is 11.3. The van der Waals surface area contributed by atoms with Gasteiger partial charge >= 0.3 is 5.91 Å². The molecule has 2 aliphatic heterocycles. The molecule has 1 amide bonds. The summed E-state index contributed by atoms with van der Waals surface area (Å²) < 4.78 is 6.35. The Bertz CT molecular complexity index is 1740. The summed E-state index contributed by atoms with van der Waals surface area (Å²) in [5.41, 5.74) is 2.70. The molecule has 4 aromatic rings. The van der Waals surface area contributed by atoms with Crippen LogP contribution in [-0.4, -0.2) is 33.1 Å². The molecule has 1 saturated heterocycles. The van der Waals surface area contributed by atoms with Crippen LogP contribution in [0.3, 0.4) is 0 Å². The number of anilines is 1. The van der Waals surface area contributed by atoms with E-state index in [0.717, 1.165) is 28.2 Å². The molecule has 3 heterocycles. The topological polar surface area (TPSA) is 92.6 Å². The number of Topliss-reactive ketones (excluding diaryl/α,β-unsaturated/α-hetero) is 1. The van der Waals surface area contributed by atoms with Crippen LogP contribution in [0.15, 0.2) is 70.6 Å². The summed E-state index contributed by atoms with van der Waals surface area (Å²) >= 11 is 21.2. The Labute approximate surface area is 258 Å². The standard InChI is InChI=1S/C29H20Cl3N3O4S2/c1-14-9-18-10-16(6-8-22(18)39-14)25(36)23-24(15-3-2-4-19(30)11-15)35(27(38)26(23)37)28-33-34-29(41-28)40-13-17-5-7-20(31)12-21(17)32/h2-8,10-12,14,24,36H,9,13H2,1H3/t14-,24+/m1/s1. The number of aliphatic hydroxyl groups is 1. The van der Waals surface area contributed by atoms with Gasteiger partial charge in [-0.15, -0.1) is 10.2 Å². The molecule has 3 aromatic carbocycles. The van der Waals surface area contributed by atoms with E-state index < -0.39 is 17.7 Å². The van der Waals surface area contributed by atoms with E-state index in [2.05, 4.69) is 10.2 Å². The number of ether oxygens (including phenoxy) is 1. The average Bonchev–Trinajstić information content (AvgIpc) is 3.62. The van der Waals surface area contributed by atoms with Gasteiger partial charge < -0.3 is 9.84 Å². The van der Waals surface area contributed by atoms with Gasteiger partial charge in [0.15, 0.2) is 4.34 Å². The van der Waals surface area contributed by atoms with Crippen LogP contribution in [0, 0.1) is 0 Å². The minimum Gasteiger partial charge on any atom is -0.507 e. The van der Waals surface area contributed by atoms with Crippen molar-refractivity contribution in [1.29, 1.82) is 0 Å². The van der Waals surface area contributed by atoms with Crippen molar-refractivity contribution in [3.8, 4) is 5.75 Å². The van der Waals surface area contributed by atoms with Crippen LogP contribution in [0.4, 0.5) is 5.13 Å².